The third-order valence-electron chi connectivity index (χ3n) is 3.07. The Hall–Kier alpha value is -2.13. The first kappa shape index (κ1) is 15.3. The number of halogens is 3. The van der Waals surface area contributed by atoms with Crippen LogP contribution in [0.4, 0.5) is 19.0 Å². The van der Waals surface area contributed by atoms with E-state index >= 15 is 0 Å². The standard InChI is InChI=1S/C11H14F3N5O2/c1-18-5-8(16-17-18)15-9(20)7-3-2-4-19(10(7)21)6-11(12,13)14/h5,7H,2-4,6H2,1H3,(H,15,20). The fourth-order valence-corrected chi connectivity index (χ4v) is 2.17. The molecule has 2 amide bonds. The summed E-state index contributed by atoms with van der Waals surface area (Å²) in [5, 5.41) is 9.62. The Bertz CT molecular complexity index is 542. The van der Waals surface area contributed by atoms with Crippen LogP contribution >= 0.6 is 0 Å². The summed E-state index contributed by atoms with van der Waals surface area (Å²) in [6.45, 7) is -1.33. The number of likely N-dealkylation sites (tertiary alicyclic amines) is 1. The number of nitrogens with one attached hydrogen (secondary N) is 1. The van der Waals surface area contributed by atoms with Crippen LogP contribution in [0.25, 0.3) is 0 Å². The monoisotopic (exact) mass is 305 g/mol. The van der Waals surface area contributed by atoms with Crippen molar-refractivity contribution in [2.45, 2.75) is 19.0 Å². The molecule has 10 heteroatoms. The van der Waals surface area contributed by atoms with Crippen LogP contribution in [-0.4, -0.2) is 51.0 Å². The average molecular weight is 305 g/mol. The summed E-state index contributed by atoms with van der Waals surface area (Å²) in [7, 11) is 1.60. The van der Waals surface area contributed by atoms with E-state index in [1.807, 2.05) is 0 Å². The number of nitrogens with zero attached hydrogens (tertiary/aromatic N) is 4. The van der Waals surface area contributed by atoms with Crippen molar-refractivity contribution in [3.05, 3.63) is 6.20 Å². The van der Waals surface area contributed by atoms with E-state index < -0.39 is 30.5 Å². The van der Waals surface area contributed by atoms with E-state index in [9.17, 15) is 22.8 Å². The van der Waals surface area contributed by atoms with Gasteiger partial charge in [-0.3, -0.25) is 14.3 Å². The summed E-state index contributed by atoms with van der Waals surface area (Å²) in [5.41, 5.74) is 0. The van der Waals surface area contributed by atoms with Crippen LogP contribution in [0, 0.1) is 5.92 Å². The van der Waals surface area contributed by atoms with Gasteiger partial charge in [-0.05, 0) is 12.8 Å². The second-order valence-electron chi connectivity index (χ2n) is 4.84. The van der Waals surface area contributed by atoms with Crippen LogP contribution in [0.2, 0.25) is 0 Å². The Morgan fingerprint density at radius 2 is 2.24 bits per heavy atom. The topological polar surface area (TPSA) is 80.1 Å². The number of hydrogen-bond donors (Lipinski definition) is 1. The highest BCUT2D eigenvalue weighted by molar-refractivity contribution is 6.06. The van der Waals surface area contributed by atoms with Gasteiger partial charge in [0.15, 0.2) is 5.82 Å². The van der Waals surface area contributed by atoms with E-state index in [2.05, 4.69) is 15.6 Å². The maximum absolute atomic E-state index is 12.4. The van der Waals surface area contributed by atoms with Gasteiger partial charge in [0.05, 0.1) is 6.20 Å². The fourth-order valence-electron chi connectivity index (χ4n) is 2.17. The summed E-state index contributed by atoms with van der Waals surface area (Å²) >= 11 is 0. The number of carbonyl (C=O) groups excluding carboxylic acids is 2. The van der Waals surface area contributed by atoms with Gasteiger partial charge >= 0.3 is 6.18 Å². The molecule has 1 atom stereocenters. The first-order valence-corrected chi connectivity index (χ1v) is 6.29. The van der Waals surface area contributed by atoms with E-state index in [0.717, 1.165) is 0 Å². The minimum Gasteiger partial charge on any atom is -0.333 e. The molecule has 116 valence electrons. The first-order chi connectivity index (χ1) is 9.76. The first-order valence-electron chi connectivity index (χ1n) is 6.29. The van der Waals surface area contributed by atoms with Gasteiger partial charge in [0.25, 0.3) is 0 Å². The highest BCUT2D eigenvalue weighted by Crippen LogP contribution is 2.24. The second-order valence-corrected chi connectivity index (χ2v) is 4.84. The molecule has 1 N–H and O–H groups in total. The number of aromatic nitrogens is 3. The lowest BCUT2D eigenvalue weighted by Gasteiger charge is -2.31. The minimum atomic E-state index is -4.47. The molecular formula is C11H14F3N5O2. The number of amides is 2. The number of hydrogen-bond acceptors (Lipinski definition) is 4. The zero-order valence-corrected chi connectivity index (χ0v) is 11.2. The molecular weight excluding hydrogens is 291 g/mol. The molecule has 21 heavy (non-hydrogen) atoms. The molecule has 7 nitrogen and oxygen atoms in total. The number of carbonyl (C=O) groups is 2. The van der Waals surface area contributed by atoms with Crippen molar-refractivity contribution >= 4 is 17.6 Å². The van der Waals surface area contributed by atoms with Crippen LogP contribution < -0.4 is 5.32 Å². The van der Waals surface area contributed by atoms with Gasteiger partial charge in [-0.2, -0.15) is 13.2 Å². The highest BCUT2D eigenvalue weighted by atomic mass is 19.4. The van der Waals surface area contributed by atoms with Gasteiger partial charge < -0.3 is 10.2 Å². The Morgan fingerprint density at radius 1 is 1.52 bits per heavy atom. The quantitative estimate of drug-likeness (QED) is 0.827. The molecule has 1 saturated heterocycles. The van der Waals surface area contributed by atoms with Crippen LogP contribution in [0.5, 0.6) is 0 Å². The number of aryl methyl sites for hydroxylation is 1. The summed E-state index contributed by atoms with van der Waals surface area (Å²) < 4.78 is 38.5. The van der Waals surface area contributed by atoms with Crippen molar-refractivity contribution in [2.75, 3.05) is 18.4 Å². The SMILES string of the molecule is Cn1cc(NC(=O)C2CCCN(CC(F)(F)F)C2=O)nn1. The van der Waals surface area contributed by atoms with Crippen LogP contribution in [0.1, 0.15) is 12.8 Å². The zero-order chi connectivity index (χ0) is 15.6. The Labute approximate surface area is 118 Å². The zero-order valence-electron chi connectivity index (χ0n) is 11.2. The van der Waals surface area contributed by atoms with E-state index in [1.165, 1.54) is 10.9 Å². The van der Waals surface area contributed by atoms with Crippen LogP contribution in [0.15, 0.2) is 6.20 Å². The molecule has 1 aliphatic rings. The molecule has 0 bridgehead atoms. The third kappa shape index (κ3) is 3.92. The fraction of sp³-hybridized carbons (Fsp3) is 0.636. The molecule has 2 heterocycles. The van der Waals surface area contributed by atoms with Crippen molar-refractivity contribution in [1.82, 2.24) is 19.9 Å². The Morgan fingerprint density at radius 3 is 2.81 bits per heavy atom. The summed E-state index contributed by atoms with van der Waals surface area (Å²) in [6, 6.07) is 0. The summed E-state index contributed by atoms with van der Waals surface area (Å²) in [5.74, 6) is -2.43. The minimum absolute atomic E-state index is 0.00721. The predicted molar refractivity (Wildman–Crippen MR) is 65.0 cm³/mol. The normalized spacial score (nSPS) is 19.7. The van der Waals surface area contributed by atoms with Gasteiger partial charge in [0.2, 0.25) is 11.8 Å². The average Bonchev–Trinajstić information content (AvgIpc) is 2.75. The van der Waals surface area contributed by atoms with Crippen LogP contribution in [0.3, 0.4) is 0 Å². The smallest absolute Gasteiger partial charge is 0.333 e. The van der Waals surface area contributed by atoms with Gasteiger partial charge in [0, 0.05) is 13.6 Å². The number of anilines is 1. The van der Waals surface area contributed by atoms with Crippen LogP contribution in [-0.2, 0) is 16.6 Å². The number of piperidine rings is 1. The maximum atomic E-state index is 12.4. The molecule has 1 aromatic rings. The predicted octanol–water partition coefficient (Wildman–Crippen LogP) is 0.554. The van der Waals surface area contributed by atoms with E-state index in [4.69, 9.17) is 0 Å². The molecule has 0 radical (unpaired) electrons. The molecule has 0 aliphatic carbocycles. The molecule has 0 spiro atoms. The van der Waals surface area contributed by atoms with Crippen molar-refractivity contribution in [1.29, 1.82) is 0 Å². The lowest BCUT2D eigenvalue weighted by atomic mass is 9.96. The Balaban J connectivity index is 2.01. The largest absolute Gasteiger partial charge is 0.406 e. The van der Waals surface area contributed by atoms with E-state index in [-0.39, 0.29) is 18.8 Å². The van der Waals surface area contributed by atoms with Crippen molar-refractivity contribution in [3.8, 4) is 0 Å². The molecule has 2 rings (SSSR count). The van der Waals surface area contributed by atoms with Gasteiger partial charge in [-0.15, -0.1) is 5.10 Å². The lowest BCUT2D eigenvalue weighted by Crippen LogP contribution is -2.49. The van der Waals surface area contributed by atoms with E-state index in [0.29, 0.717) is 11.3 Å². The Kier molecular flexibility index (Phi) is 4.14. The highest BCUT2D eigenvalue weighted by Gasteiger charge is 2.40. The van der Waals surface area contributed by atoms with Crippen molar-refractivity contribution < 1.29 is 22.8 Å². The second kappa shape index (κ2) is 5.70. The van der Waals surface area contributed by atoms with E-state index in [1.54, 1.807) is 7.05 Å². The van der Waals surface area contributed by atoms with Crippen molar-refractivity contribution in [3.63, 3.8) is 0 Å². The molecule has 0 saturated carbocycles. The summed E-state index contributed by atoms with van der Waals surface area (Å²) in [6.07, 6.45) is -2.47. The number of alkyl halides is 3. The molecule has 0 aromatic carbocycles. The summed E-state index contributed by atoms with van der Waals surface area (Å²) in [4.78, 5) is 24.6. The number of rotatable bonds is 3. The molecule has 1 unspecified atom stereocenters. The lowest BCUT2D eigenvalue weighted by molar-refractivity contribution is -0.167. The van der Waals surface area contributed by atoms with Gasteiger partial charge in [-0.1, -0.05) is 5.21 Å². The maximum Gasteiger partial charge on any atom is 0.406 e. The molecule has 1 aliphatic heterocycles. The van der Waals surface area contributed by atoms with Gasteiger partial charge in [-0.25, -0.2) is 0 Å². The van der Waals surface area contributed by atoms with Gasteiger partial charge in [0.1, 0.15) is 12.5 Å². The third-order valence-corrected chi connectivity index (χ3v) is 3.07. The van der Waals surface area contributed by atoms with Crippen molar-refractivity contribution in [2.24, 2.45) is 13.0 Å². The molecule has 1 aromatic heterocycles. The molecule has 1 fully saturated rings.